The lowest BCUT2D eigenvalue weighted by molar-refractivity contribution is 0.181. The van der Waals surface area contributed by atoms with Crippen molar-refractivity contribution in [2.24, 2.45) is 5.92 Å². The minimum atomic E-state index is 0.299. The monoisotopic (exact) mass is 381 g/mol. The zero-order valence-corrected chi connectivity index (χ0v) is 16.0. The molecule has 0 aliphatic carbocycles. The van der Waals surface area contributed by atoms with Gasteiger partial charge < -0.3 is 14.2 Å². The van der Waals surface area contributed by atoms with Crippen LogP contribution in [0.1, 0.15) is 24.4 Å². The molecule has 2 atom stereocenters. The van der Waals surface area contributed by atoms with Crippen LogP contribution in [0.15, 0.2) is 43.1 Å². The number of hydrogen-bond donors (Lipinski definition) is 0. The number of rotatable bonds is 5. The summed E-state index contributed by atoms with van der Waals surface area (Å²) in [6, 6.07) is 4.49. The number of imidazole rings is 1. The quantitative estimate of drug-likeness (QED) is 0.678. The van der Waals surface area contributed by atoms with Crippen molar-refractivity contribution in [3.8, 4) is 10.7 Å². The Labute approximate surface area is 162 Å². The number of pyridine rings is 1. The second-order valence-electron chi connectivity index (χ2n) is 7.28. The third-order valence-corrected chi connectivity index (χ3v) is 6.58. The Morgan fingerprint density at radius 3 is 2.78 bits per heavy atom. The molecule has 0 aromatic carbocycles. The van der Waals surface area contributed by atoms with Crippen LogP contribution in [0.5, 0.6) is 0 Å². The molecule has 2 aliphatic rings. The van der Waals surface area contributed by atoms with E-state index in [1.807, 2.05) is 24.8 Å². The van der Waals surface area contributed by atoms with E-state index in [1.165, 1.54) is 18.4 Å². The molecule has 0 unspecified atom stereocenters. The molecule has 0 saturated carbocycles. The van der Waals surface area contributed by atoms with Gasteiger partial charge in [0.2, 0.25) is 0 Å². The van der Waals surface area contributed by atoms with Gasteiger partial charge in [0.1, 0.15) is 0 Å². The molecule has 3 aromatic heterocycles. The molecule has 0 bridgehead atoms. The van der Waals surface area contributed by atoms with Gasteiger partial charge in [0.15, 0.2) is 11.0 Å². The van der Waals surface area contributed by atoms with Crippen molar-refractivity contribution in [2.75, 3.05) is 31.2 Å². The maximum Gasteiger partial charge on any atom is 0.185 e. The molecule has 2 saturated heterocycles. The fourth-order valence-corrected chi connectivity index (χ4v) is 5.07. The molecule has 5 rings (SSSR count). The van der Waals surface area contributed by atoms with Crippen LogP contribution in [0.4, 0.5) is 5.13 Å². The van der Waals surface area contributed by atoms with Crippen molar-refractivity contribution in [1.29, 1.82) is 0 Å². The van der Waals surface area contributed by atoms with Crippen LogP contribution in [0.3, 0.4) is 0 Å². The first kappa shape index (κ1) is 16.9. The third-order valence-electron chi connectivity index (χ3n) is 5.53. The summed E-state index contributed by atoms with van der Waals surface area (Å²) < 4.78 is 8.15. The predicted octanol–water partition coefficient (Wildman–Crippen LogP) is 3.43. The van der Waals surface area contributed by atoms with Crippen molar-refractivity contribution in [2.45, 2.75) is 25.3 Å². The molecule has 2 fully saturated rings. The van der Waals surface area contributed by atoms with Gasteiger partial charge in [0.25, 0.3) is 0 Å². The number of thiazole rings is 1. The predicted molar refractivity (Wildman–Crippen MR) is 106 cm³/mol. The van der Waals surface area contributed by atoms with Crippen LogP contribution in [0.25, 0.3) is 10.7 Å². The van der Waals surface area contributed by atoms with Crippen molar-refractivity contribution in [3.63, 3.8) is 0 Å². The molecule has 7 heteroatoms. The summed E-state index contributed by atoms with van der Waals surface area (Å²) in [6.45, 7) is 3.75. The summed E-state index contributed by atoms with van der Waals surface area (Å²) in [5.41, 5.74) is 1.31. The molecule has 0 radical (unpaired) electrons. The molecular weight excluding hydrogens is 358 g/mol. The van der Waals surface area contributed by atoms with E-state index in [4.69, 9.17) is 4.74 Å². The Balaban J connectivity index is 1.39. The highest BCUT2D eigenvalue weighted by molar-refractivity contribution is 7.18. The zero-order valence-electron chi connectivity index (χ0n) is 15.2. The average Bonchev–Trinajstić information content (AvgIpc) is 3.47. The summed E-state index contributed by atoms with van der Waals surface area (Å²) in [7, 11) is 0. The van der Waals surface area contributed by atoms with Crippen LogP contribution in [0, 0.1) is 5.92 Å². The fraction of sp³-hybridized carbons (Fsp3) is 0.450. The van der Waals surface area contributed by atoms with E-state index >= 15 is 0 Å². The molecule has 3 aromatic rings. The topological polar surface area (TPSA) is 56.1 Å². The Morgan fingerprint density at radius 1 is 1.07 bits per heavy atom. The van der Waals surface area contributed by atoms with Gasteiger partial charge in [-0.3, -0.25) is 4.98 Å². The molecule has 0 spiro atoms. The standard InChI is InChI=1S/C20H23N5OS/c1-2-9-24(8-1)20-23-12-18(27-20)19-22-7-10-25(19)17-14-26-13-16(17)11-15-3-5-21-6-4-15/h3-7,10,12,16-17H,1-2,8-9,11,13-14H2/t16-,17+/m0/s1. The number of nitrogens with zero attached hydrogens (tertiary/aromatic N) is 5. The second kappa shape index (κ2) is 7.40. The summed E-state index contributed by atoms with van der Waals surface area (Å²) in [6.07, 6.45) is 13.2. The first-order valence-electron chi connectivity index (χ1n) is 9.59. The maximum atomic E-state index is 5.86. The molecule has 0 amide bonds. The van der Waals surface area contributed by atoms with Crippen molar-refractivity contribution < 1.29 is 4.74 Å². The maximum absolute atomic E-state index is 5.86. The van der Waals surface area contributed by atoms with E-state index < -0.39 is 0 Å². The van der Waals surface area contributed by atoms with Crippen LogP contribution in [-0.2, 0) is 11.2 Å². The first-order chi connectivity index (χ1) is 13.4. The first-order valence-corrected chi connectivity index (χ1v) is 10.4. The van der Waals surface area contributed by atoms with Crippen LogP contribution in [-0.4, -0.2) is 45.8 Å². The van der Waals surface area contributed by atoms with E-state index in [2.05, 4.69) is 42.7 Å². The summed E-state index contributed by atoms with van der Waals surface area (Å²) in [4.78, 5) is 17.0. The van der Waals surface area contributed by atoms with Gasteiger partial charge in [-0.05, 0) is 37.0 Å². The van der Waals surface area contributed by atoms with Gasteiger partial charge in [0, 0.05) is 43.8 Å². The van der Waals surface area contributed by atoms with E-state index in [0.29, 0.717) is 12.0 Å². The number of hydrogen-bond acceptors (Lipinski definition) is 6. The van der Waals surface area contributed by atoms with Crippen LogP contribution >= 0.6 is 11.3 Å². The third kappa shape index (κ3) is 3.37. The highest BCUT2D eigenvalue weighted by Crippen LogP contribution is 2.36. The van der Waals surface area contributed by atoms with E-state index in [9.17, 15) is 0 Å². The average molecular weight is 382 g/mol. The SMILES string of the molecule is c1cc(C[C@H]2COC[C@H]2n2ccnc2-c2cnc(N3CCCC3)s2)ccn1. The molecule has 6 nitrogen and oxygen atoms in total. The summed E-state index contributed by atoms with van der Waals surface area (Å²) in [5, 5.41) is 1.12. The van der Waals surface area contributed by atoms with E-state index in [1.54, 1.807) is 11.3 Å². The van der Waals surface area contributed by atoms with Gasteiger partial charge in [-0.1, -0.05) is 11.3 Å². The minimum Gasteiger partial charge on any atom is -0.379 e. The normalized spacial score (nSPS) is 22.6. The van der Waals surface area contributed by atoms with Crippen molar-refractivity contribution in [3.05, 3.63) is 48.7 Å². The minimum absolute atomic E-state index is 0.299. The van der Waals surface area contributed by atoms with Gasteiger partial charge in [-0.25, -0.2) is 9.97 Å². The lowest BCUT2D eigenvalue weighted by atomic mass is 9.95. The Morgan fingerprint density at radius 2 is 1.93 bits per heavy atom. The number of anilines is 1. The highest BCUT2D eigenvalue weighted by Gasteiger charge is 2.31. The molecule has 2 aliphatic heterocycles. The Hall–Kier alpha value is -2.25. The van der Waals surface area contributed by atoms with Crippen LogP contribution < -0.4 is 4.90 Å². The van der Waals surface area contributed by atoms with Gasteiger partial charge in [-0.15, -0.1) is 0 Å². The van der Waals surface area contributed by atoms with Gasteiger partial charge in [0.05, 0.1) is 30.3 Å². The largest absolute Gasteiger partial charge is 0.379 e. The Bertz CT molecular complexity index is 887. The van der Waals surface area contributed by atoms with Crippen LogP contribution in [0.2, 0.25) is 0 Å². The van der Waals surface area contributed by atoms with Crippen molar-refractivity contribution >= 4 is 16.5 Å². The zero-order chi connectivity index (χ0) is 18.1. The molecule has 140 valence electrons. The highest BCUT2D eigenvalue weighted by atomic mass is 32.1. The lowest BCUT2D eigenvalue weighted by Gasteiger charge is -2.21. The van der Waals surface area contributed by atoms with E-state index in [-0.39, 0.29) is 0 Å². The number of ether oxygens (including phenoxy) is 1. The lowest BCUT2D eigenvalue weighted by Crippen LogP contribution is -2.20. The fourth-order valence-electron chi connectivity index (χ4n) is 4.11. The van der Waals surface area contributed by atoms with Crippen molar-refractivity contribution in [1.82, 2.24) is 19.5 Å². The number of aromatic nitrogens is 4. The molecular formula is C20H23N5OS. The van der Waals surface area contributed by atoms with Gasteiger partial charge in [-0.2, -0.15) is 0 Å². The second-order valence-corrected chi connectivity index (χ2v) is 8.29. The van der Waals surface area contributed by atoms with Gasteiger partial charge >= 0.3 is 0 Å². The van der Waals surface area contributed by atoms with E-state index in [0.717, 1.165) is 48.6 Å². The smallest absolute Gasteiger partial charge is 0.185 e. The molecule has 5 heterocycles. The molecule has 27 heavy (non-hydrogen) atoms. The summed E-state index contributed by atoms with van der Waals surface area (Å²) in [5.74, 6) is 1.44. The molecule has 0 N–H and O–H groups in total. The summed E-state index contributed by atoms with van der Waals surface area (Å²) >= 11 is 1.75. The Kier molecular flexibility index (Phi) is 4.63.